The first-order valence-corrected chi connectivity index (χ1v) is 1.02. The van der Waals surface area contributed by atoms with Crippen LogP contribution in [0.1, 0.15) is 6.92 Å². The topological polar surface area (TPSA) is 20.2 Å². The van der Waals surface area contributed by atoms with Gasteiger partial charge in [0.1, 0.15) is 0 Å². The average molecular weight is 273 g/mol. The van der Waals surface area contributed by atoms with Crippen molar-refractivity contribution in [3.63, 3.8) is 0 Å². The van der Waals surface area contributed by atoms with E-state index in [0.717, 1.165) is 0 Å². The molecule has 23 valence electrons. The van der Waals surface area contributed by atoms with Crippen molar-refractivity contribution in [3.8, 4) is 0 Å². The Morgan fingerprint density at radius 1 is 1.75 bits per heavy atom. The van der Waals surface area contributed by atoms with E-state index < -0.39 is 0 Å². The Morgan fingerprint density at radius 3 is 1.75 bits per heavy atom. The van der Waals surface area contributed by atoms with Crippen molar-refractivity contribution >= 4 is 0 Å². The molecule has 0 aromatic rings. The van der Waals surface area contributed by atoms with Crippen LogP contribution in [0.5, 0.6) is 0 Å². The molecular weight excluding hydrogens is 267 g/mol. The summed E-state index contributed by atoms with van der Waals surface area (Å²) in [4.78, 5) is 0. The second-order valence-corrected chi connectivity index (χ2v) is 0.316. The molecule has 0 fully saturated rings. The Labute approximate surface area is 62.0 Å². The van der Waals surface area contributed by atoms with Crippen molar-refractivity contribution in [2.75, 3.05) is 6.61 Å². The van der Waals surface area contributed by atoms with Gasteiger partial charge in [0, 0.05) is 50.7 Å². The van der Waals surface area contributed by atoms with E-state index in [9.17, 15) is 0 Å². The molecule has 0 rings (SSSR count). The molecule has 0 bridgehead atoms. The van der Waals surface area contributed by atoms with E-state index in [4.69, 9.17) is 5.11 Å². The zero-order valence-corrected chi connectivity index (χ0v) is 7.48. The standard InChI is InChI=1S/C2H6O.Ac/c1-2-3;/h3H,2H2,1H3;. The van der Waals surface area contributed by atoms with Crippen molar-refractivity contribution in [2.45, 2.75) is 6.92 Å². The van der Waals surface area contributed by atoms with Crippen LogP contribution in [-0.2, 0) is 0 Å². The van der Waals surface area contributed by atoms with Crippen LogP contribution >= 0.6 is 0 Å². The summed E-state index contributed by atoms with van der Waals surface area (Å²) in [6.45, 7) is 1.93. The van der Waals surface area contributed by atoms with Crippen molar-refractivity contribution < 1.29 is 49.2 Å². The van der Waals surface area contributed by atoms with Gasteiger partial charge < -0.3 is 5.11 Å². The predicted octanol–water partition coefficient (Wildman–Crippen LogP) is -0.00140. The van der Waals surface area contributed by atoms with Crippen LogP contribution in [-0.4, -0.2) is 11.7 Å². The van der Waals surface area contributed by atoms with Crippen LogP contribution in [0.25, 0.3) is 0 Å². The molecule has 4 heavy (non-hydrogen) atoms. The number of rotatable bonds is 0. The first kappa shape index (κ1) is 9.04. The number of hydrogen-bond acceptors (Lipinski definition) is 1. The second-order valence-electron chi connectivity index (χ2n) is 0.316. The molecular formula is C2H6AcO. The Balaban J connectivity index is 0. The molecule has 0 saturated heterocycles. The van der Waals surface area contributed by atoms with E-state index in [0.29, 0.717) is 0 Å². The van der Waals surface area contributed by atoms with Gasteiger partial charge >= 0.3 is 0 Å². The normalized spacial score (nSPS) is 4.50. The van der Waals surface area contributed by atoms with Gasteiger partial charge in [-0.05, 0) is 6.92 Å². The molecule has 0 aromatic carbocycles. The predicted molar refractivity (Wildman–Crippen MR) is 12.8 cm³/mol. The third-order valence-corrected chi connectivity index (χ3v) is 0. The monoisotopic (exact) mass is 273 g/mol. The van der Waals surface area contributed by atoms with Crippen LogP contribution in [0.2, 0.25) is 0 Å². The molecule has 0 spiro atoms. The van der Waals surface area contributed by atoms with E-state index >= 15 is 0 Å². The van der Waals surface area contributed by atoms with Crippen LogP contribution in [0.4, 0.5) is 0 Å². The molecule has 2 heteroatoms. The minimum absolute atomic E-state index is 0. The summed E-state index contributed by atoms with van der Waals surface area (Å²) < 4.78 is 0. The third kappa shape index (κ3) is 9.99. The fraction of sp³-hybridized carbons (Fsp3) is 1.00. The summed E-state index contributed by atoms with van der Waals surface area (Å²) in [6, 6.07) is 0. The maximum Gasteiger partial charge on any atom is 0.0402 e. The van der Waals surface area contributed by atoms with E-state index in [1.807, 2.05) is 0 Å². The summed E-state index contributed by atoms with van der Waals surface area (Å²) in [5, 5.41) is 7.57. The zero-order valence-electron chi connectivity index (χ0n) is 2.73. The Bertz CT molecular complexity index is 6.00. The van der Waals surface area contributed by atoms with Crippen LogP contribution in [0.3, 0.4) is 0 Å². The van der Waals surface area contributed by atoms with Gasteiger partial charge in [-0.3, -0.25) is 0 Å². The van der Waals surface area contributed by atoms with Crippen LogP contribution in [0, 0.1) is 44.1 Å². The molecule has 1 nitrogen and oxygen atoms in total. The fourth-order valence-electron chi connectivity index (χ4n) is 0. The van der Waals surface area contributed by atoms with E-state index in [1.54, 1.807) is 6.92 Å². The molecule has 0 aliphatic rings. The minimum Gasteiger partial charge on any atom is -0.397 e. The summed E-state index contributed by atoms with van der Waals surface area (Å²) in [5.41, 5.74) is 0. The van der Waals surface area contributed by atoms with Gasteiger partial charge in [-0.25, -0.2) is 0 Å². The molecule has 0 aliphatic carbocycles. The van der Waals surface area contributed by atoms with Gasteiger partial charge in [0.2, 0.25) is 0 Å². The van der Waals surface area contributed by atoms with Crippen LogP contribution < -0.4 is 0 Å². The third-order valence-electron chi connectivity index (χ3n) is 0. The van der Waals surface area contributed by atoms with Gasteiger partial charge in [0.25, 0.3) is 0 Å². The second kappa shape index (κ2) is 8.83. The molecule has 0 amide bonds. The Hall–Kier alpha value is 1.40. The smallest absolute Gasteiger partial charge is 0.0402 e. The minimum atomic E-state index is 0. The maximum absolute atomic E-state index is 7.57. The molecule has 0 atom stereocenters. The number of hydrogen-bond donors (Lipinski definition) is 1. The number of aliphatic hydroxyl groups excluding tert-OH is 1. The van der Waals surface area contributed by atoms with Gasteiger partial charge in [0.05, 0.1) is 0 Å². The fourth-order valence-corrected chi connectivity index (χ4v) is 0. The summed E-state index contributed by atoms with van der Waals surface area (Å²) >= 11 is 0. The SMILES string of the molecule is CCO.[Ac]. The quantitative estimate of drug-likeness (QED) is 0.658. The van der Waals surface area contributed by atoms with Gasteiger partial charge in [-0.2, -0.15) is 0 Å². The molecule has 0 aliphatic heterocycles. The average Bonchev–Trinajstić information content (AvgIpc) is 0.918. The Kier molecular flexibility index (Phi) is 20.0. The molecule has 0 heterocycles. The van der Waals surface area contributed by atoms with E-state index in [2.05, 4.69) is 0 Å². The maximum atomic E-state index is 7.57. The van der Waals surface area contributed by atoms with Crippen molar-refractivity contribution in [3.05, 3.63) is 0 Å². The molecule has 1 N–H and O–H groups in total. The summed E-state index contributed by atoms with van der Waals surface area (Å²) in [6.07, 6.45) is 0. The molecule has 0 unspecified atom stereocenters. The Morgan fingerprint density at radius 2 is 1.75 bits per heavy atom. The summed E-state index contributed by atoms with van der Waals surface area (Å²) in [7, 11) is 0. The number of aliphatic hydroxyl groups is 1. The summed E-state index contributed by atoms with van der Waals surface area (Å²) in [5.74, 6) is 0. The largest absolute Gasteiger partial charge is 0.397 e. The van der Waals surface area contributed by atoms with Crippen LogP contribution in [0.15, 0.2) is 0 Å². The molecule has 0 aromatic heterocycles. The van der Waals surface area contributed by atoms with E-state index in [1.165, 1.54) is 0 Å². The van der Waals surface area contributed by atoms with Crippen molar-refractivity contribution in [2.24, 2.45) is 0 Å². The molecule has 0 saturated carbocycles. The van der Waals surface area contributed by atoms with Crippen molar-refractivity contribution in [1.29, 1.82) is 0 Å². The zero-order chi connectivity index (χ0) is 2.71. The van der Waals surface area contributed by atoms with Crippen molar-refractivity contribution in [1.82, 2.24) is 0 Å². The first-order valence-electron chi connectivity index (χ1n) is 1.02. The molecule has 1 radical (unpaired) electrons. The first-order chi connectivity index (χ1) is 1.41. The van der Waals surface area contributed by atoms with E-state index in [-0.39, 0.29) is 50.7 Å². The van der Waals surface area contributed by atoms with Gasteiger partial charge in [0.15, 0.2) is 0 Å². The van der Waals surface area contributed by atoms with Gasteiger partial charge in [-0.15, -0.1) is 0 Å². The van der Waals surface area contributed by atoms with Gasteiger partial charge in [-0.1, -0.05) is 0 Å².